The molecule has 128 valence electrons. The van der Waals surface area contributed by atoms with E-state index in [4.69, 9.17) is 0 Å². The van der Waals surface area contributed by atoms with Crippen LogP contribution in [0.25, 0.3) is 0 Å². The minimum Gasteiger partial charge on any atom is -0.387 e. The number of aryl methyl sites for hydroxylation is 1. The van der Waals surface area contributed by atoms with Crippen LogP contribution in [0.1, 0.15) is 28.4 Å². The van der Waals surface area contributed by atoms with Gasteiger partial charge in [0.1, 0.15) is 0 Å². The van der Waals surface area contributed by atoms with E-state index in [0.717, 1.165) is 18.7 Å². The summed E-state index contributed by atoms with van der Waals surface area (Å²) in [6.45, 7) is 4.34. The molecule has 0 aliphatic heterocycles. The molecule has 0 spiro atoms. The first-order valence-corrected chi connectivity index (χ1v) is 8.75. The van der Waals surface area contributed by atoms with Gasteiger partial charge in [-0.2, -0.15) is 0 Å². The highest BCUT2D eigenvalue weighted by Crippen LogP contribution is 2.18. The quantitative estimate of drug-likeness (QED) is 0.676. The summed E-state index contributed by atoms with van der Waals surface area (Å²) in [5.41, 5.74) is 4.75. The Balaban J connectivity index is 1.74. The Morgan fingerprint density at radius 3 is 1.84 bits per heavy atom. The van der Waals surface area contributed by atoms with E-state index in [0.29, 0.717) is 6.54 Å². The van der Waals surface area contributed by atoms with Gasteiger partial charge in [0.05, 0.1) is 6.10 Å². The zero-order valence-corrected chi connectivity index (χ0v) is 14.7. The van der Waals surface area contributed by atoms with Gasteiger partial charge in [0, 0.05) is 19.6 Å². The smallest absolute Gasteiger partial charge is 0.0917 e. The SMILES string of the molecule is Cc1ccc(CN(Cc2ccccc2)C[C@H](O)c2ccccc2)cc1. The van der Waals surface area contributed by atoms with Crippen LogP contribution >= 0.6 is 0 Å². The van der Waals surface area contributed by atoms with Gasteiger partial charge in [0.2, 0.25) is 0 Å². The Labute approximate surface area is 150 Å². The Kier molecular flexibility index (Phi) is 5.99. The summed E-state index contributed by atoms with van der Waals surface area (Å²) in [4.78, 5) is 2.30. The van der Waals surface area contributed by atoms with Crippen LogP contribution in [-0.2, 0) is 13.1 Å². The molecule has 2 nitrogen and oxygen atoms in total. The second kappa shape index (κ2) is 8.61. The second-order valence-corrected chi connectivity index (χ2v) is 6.57. The average Bonchev–Trinajstić information content (AvgIpc) is 2.65. The van der Waals surface area contributed by atoms with Gasteiger partial charge in [-0.15, -0.1) is 0 Å². The molecule has 1 atom stereocenters. The molecule has 0 unspecified atom stereocenters. The highest BCUT2D eigenvalue weighted by atomic mass is 16.3. The van der Waals surface area contributed by atoms with Gasteiger partial charge < -0.3 is 5.11 Å². The van der Waals surface area contributed by atoms with E-state index in [-0.39, 0.29) is 0 Å². The van der Waals surface area contributed by atoms with E-state index >= 15 is 0 Å². The lowest BCUT2D eigenvalue weighted by Gasteiger charge is -2.25. The monoisotopic (exact) mass is 331 g/mol. The van der Waals surface area contributed by atoms with Crippen molar-refractivity contribution in [3.63, 3.8) is 0 Å². The van der Waals surface area contributed by atoms with E-state index in [2.05, 4.69) is 60.4 Å². The van der Waals surface area contributed by atoms with E-state index in [9.17, 15) is 5.11 Å². The standard InChI is InChI=1S/C23H25NO/c1-19-12-14-21(15-13-19)17-24(16-20-8-4-2-5-9-20)18-23(25)22-10-6-3-7-11-22/h2-15,23,25H,16-18H2,1H3/t23-/m0/s1. The first kappa shape index (κ1) is 17.4. The molecular formula is C23H25NO. The zero-order chi connectivity index (χ0) is 17.5. The summed E-state index contributed by atoms with van der Waals surface area (Å²) in [5.74, 6) is 0. The van der Waals surface area contributed by atoms with Crippen LogP contribution in [0.15, 0.2) is 84.9 Å². The number of benzene rings is 3. The number of hydrogen-bond donors (Lipinski definition) is 1. The Morgan fingerprint density at radius 1 is 0.720 bits per heavy atom. The average molecular weight is 331 g/mol. The molecule has 0 heterocycles. The molecule has 0 amide bonds. The van der Waals surface area contributed by atoms with E-state index in [1.807, 2.05) is 36.4 Å². The lowest BCUT2D eigenvalue weighted by atomic mass is 10.1. The number of rotatable bonds is 7. The normalized spacial score (nSPS) is 12.3. The molecule has 1 N–H and O–H groups in total. The fourth-order valence-corrected chi connectivity index (χ4v) is 3.00. The van der Waals surface area contributed by atoms with Crippen molar-refractivity contribution in [2.45, 2.75) is 26.1 Å². The maximum atomic E-state index is 10.6. The predicted octanol–water partition coefficient (Wildman–Crippen LogP) is 4.73. The van der Waals surface area contributed by atoms with Crippen LogP contribution in [0.4, 0.5) is 0 Å². The molecule has 3 aromatic rings. The van der Waals surface area contributed by atoms with Crippen molar-refractivity contribution in [2.24, 2.45) is 0 Å². The van der Waals surface area contributed by atoms with Crippen molar-refractivity contribution in [3.8, 4) is 0 Å². The molecule has 3 aromatic carbocycles. The minimum atomic E-state index is -0.490. The number of aliphatic hydroxyl groups excluding tert-OH is 1. The maximum absolute atomic E-state index is 10.6. The summed E-state index contributed by atoms with van der Waals surface area (Å²) < 4.78 is 0. The molecule has 2 heteroatoms. The van der Waals surface area contributed by atoms with Crippen LogP contribution in [-0.4, -0.2) is 16.6 Å². The van der Waals surface area contributed by atoms with Crippen molar-refractivity contribution in [1.29, 1.82) is 0 Å². The number of hydrogen-bond acceptors (Lipinski definition) is 2. The third-order valence-electron chi connectivity index (χ3n) is 4.39. The van der Waals surface area contributed by atoms with E-state index in [1.165, 1.54) is 16.7 Å². The third-order valence-corrected chi connectivity index (χ3v) is 4.39. The highest BCUT2D eigenvalue weighted by molar-refractivity contribution is 5.22. The summed E-state index contributed by atoms with van der Waals surface area (Å²) in [5, 5.41) is 10.6. The van der Waals surface area contributed by atoms with Gasteiger partial charge >= 0.3 is 0 Å². The Morgan fingerprint density at radius 2 is 1.24 bits per heavy atom. The first-order chi connectivity index (χ1) is 12.2. The van der Waals surface area contributed by atoms with Crippen molar-refractivity contribution in [3.05, 3.63) is 107 Å². The van der Waals surface area contributed by atoms with Crippen molar-refractivity contribution in [2.75, 3.05) is 6.54 Å². The van der Waals surface area contributed by atoms with Crippen LogP contribution < -0.4 is 0 Å². The molecule has 3 rings (SSSR count). The van der Waals surface area contributed by atoms with Crippen molar-refractivity contribution >= 4 is 0 Å². The fourth-order valence-electron chi connectivity index (χ4n) is 3.00. The molecule has 0 saturated heterocycles. The lowest BCUT2D eigenvalue weighted by molar-refractivity contribution is 0.105. The zero-order valence-electron chi connectivity index (χ0n) is 14.7. The Bertz CT molecular complexity index is 753. The molecule has 0 saturated carbocycles. The van der Waals surface area contributed by atoms with Crippen molar-refractivity contribution in [1.82, 2.24) is 4.90 Å². The van der Waals surface area contributed by atoms with Gasteiger partial charge in [0.25, 0.3) is 0 Å². The predicted molar refractivity (Wildman–Crippen MR) is 103 cm³/mol. The molecule has 0 radical (unpaired) electrons. The largest absolute Gasteiger partial charge is 0.387 e. The van der Waals surface area contributed by atoms with Gasteiger partial charge in [-0.25, -0.2) is 0 Å². The topological polar surface area (TPSA) is 23.5 Å². The molecule has 0 fully saturated rings. The van der Waals surface area contributed by atoms with E-state index in [1.54, 1.807) is 0 Å². The lowest BCUT2D eigenvalue weighted by Crippen LogP contribution is -2.28. The van der Waals surface area contributed by atoms with Crippen LogP contribution in [0.3, 0.4) is 0 Å². The van der Waals surface area contributed by atoms with Crippen LogP contribution in [0, 0.1) is 6.92 Å². The summed E-state index contributed by atoms with van der Waals surface area (Å²) in [6.07, 6.45) is -0.490. The van der Waals surface area contributed by atoms with Crippen LogP contribution in [0.5, 0.6) is 0 Å². The van der Waals surface area contributed by atoms with Gasteiger partial charge in [-0.3, -0.25) is 4.90 Å². The summed E-state index contributed by atoms with van der Waals surface area (Å²) in [7, 11) is 0. The highest BCUT2D eigenvalue weighted by Gasteiger charge is 2.14. The number of aliphatic hydroxyl groups is 1. The summed E-state index contributed by atoms with van der Waals surface area (Å²) in [6, 6.07) is 28.9. The van der Waals surface area contributed by atoms with Gasteiger partial charge in [0.15, 0.2) is 0 Å². The number of nitrogens with zero attached hydrogens (tertiary/aromatic N) is 1. The maximum Gasteiger partial charge on any atom is 0.0917 e. The minimum absolute atomic E-state index is 0.490. The molecular weight excluding hydrogens is 306 g/mol. The molecule has 0 aliphatic rings. The first-order valence-electron chi connectivity index (χ1n) is 8.75. The molecule has 25 heavy (non-hydrogen) atoms. The summed E-state index contributed by atoms with van der Waals surface area (Å²) >= 11 is 0. The van der Waals surface area contributed by atoms with Crippen LogP contribution in [0.2, 0.25) is 0 Å². The fraction of sp³-hybridized carbons (Fsp3) is 0.217. The van der Waals surface area contributed by atoms with Gasteiger partial charge in [-0.1, -0.05) is 90.5 Å². The van der Waals surface area contributed by atoms with Crippen molar-refractivity contribution < 1.29 is 5.11 Å². The van der Waals surface area contributed by atoms with E-state index < -0.39 is 6.10 Å². The molecule has 0 aliphatic carbocycles. The van der Waals surface area contributed by atoms with Gasteiger partial charge in [-0.05, 0) is 23.6 Å². The third kappa shape index (κ3) is 5.28. The molecule has 0 bridgehead atoms. The molecule has 0 aromatic heterocycles. The Hall–Kier alpha value is -2.42. The second-order valence-electron chi connectivity index (χ2n) is 6.57.